The molecule has 3 aromatic rings. The van der Waals surface area contributed by atoms with Gasteiger partial charge in [-0.3, -0.25) is 14.9 Å². The lowest BCUT2D eigenvalue weighted by Crippen LogP contribution is -2.15. The Morgan fingerprint density at radius 3 is 2.57 bits per heavy atom. The summed E-state index contributed by atoms with van der Waals surface area (Å²) in [5, 5.41) is 16.0. The van der Waals surface area contributed by atoms with E-state index in [-0.39, 0.29) is 11.4 Å². The molecule has 28 heavy (non-hydrogen) atoms. The second-order valence-electron chi connectivity index (χ2n) is 5.69. The van der Waals surface area contributed by atoms with Gasteiger partial charge in [-0.25, -0.2) is 0 Å². The molecule has 2 heterocycles. The predicted octanol–water partition coefficient (Wildman–Crippen LogP) is 5.29. The number of H-pyrrole nitrogens is 1. The first-order chi connectivity index (χ1) is 13.2. The van der Waals surface area contributed by atoms with Crippen LogP contribution in [0.25, 0.3) is 11.3 Å². The van der Waals surface area contributed by atoms with Crippen LogP contribution in [0.3, 0.4) is 0 Å². The summed E-state index contributed by atoms with van der Waals surface area (Å²) in [7, 11) is 0. The van der Waals surface area contributed by atoms with Crippen molar-refractivity contribution < 1.29 is 18.0 Å². The Labute approximate surface area is 166 Å². The summed E-state index contributed by atoms with van der Waals surface area (Å²) in [6.45, 7) is 0. The standard InChI is InChI=1S/C18H9Cl2F3N4O/c19-11-3-1-2-9(4-11)14-6-15(27-26-14)17(28)12(7-24)16-13(20)5-10(8-25-16)18(21,22)23/h1-6,8,12H,(H,26,27)/t12-/m1/s1. The number of pyridine rings is 1. The highest BCUT2D eigenvalue weighted by Crippen LogP contribution is 2.33. The molecule has 0 spiro atoms. The highest BCUT2D eigenvalue weighted by molar-refractivity contribution is 6.31. The van der Waals surface area contributed by atoms with Crippen LogP contribution >= 0.6 is 23.2 Å². The fourth-order valence-electron chi connectivity index (χ4n) is 2.46. The molecule has 0 fully saturated rings. The number of rotatable bonds is 4. The molecule has 1 N–H and O–H groups in total. The minimum Gasteiger partial charge on any atom is -0.291 e. The first kappa shape index (κ1) is 19.9. The Bertz CT molecular complexity index is 1090. The molecular formula is C18H9Cl2F3N4O. The van der Waals surface area contributed by atoms with E-state index in [2.05, 4.69) is 15.2 Å². The van der Waals surface area contributed by atoms with Crippen molar-refractivity contribution in [1.29, 1.82) is 5.26 Å². The number of Topliss-reactive ketones (excluding diaryl/α,β-unsaturated/α-hetero) is 1. The number of ketones is 1. The van der Waals surface area contributed by atoms with E-state index in [1.54, 1.807) is 30.3 Å². The Morgan fingerprint density at radius 2 is 1.96 bits per heavy atom. The highest BCUT2D eigenvalue weighted by atomic mass is 35.5. The zero-order chi connectivity index (χ0) is 20.5. The van der Waals surface area contributed by atoms with Crippen LogP contribution in [-0.4, -0.2) is 21.0 Å². The average Bonchev–Trinajstić information content (AvgIpc) is 3.13. The van der Waals surface area contributed by atoms with E-state index in [1.165, 1.54) is 6.07 Å². The van der Waals surface area contributed by atoms with Crippen molar-refractivity contribution in [2.75, 3.05) is 0 Å². The number of benzene rings is 1. The number of hydrogen-bond acceptors (Lipinski definition) is 4. The van der Waals surface area contributed by atoms with Crippen LogP contribution in [0.2, 0.25) is 10.0 Å². The van der Waals surface area contributed by atoms with E-state index < -0.39 is 28.5 Å². The fraction of sp³-hybridized carbons (Fsp3) is 0.111. The SMILES string of the molecule is N#C[C@@H](C(=O)c1cc(-c2cccc(Cl)c2)n[nH]1)c1ncc(C(F)(F)F)cc1Cl. The maximum Gasteiger partial charge on any atom is 0.417 e. The smallest absolute Gasteiger partial charge is 0.291 e. The van der Waals surface area contributed by atoms with Crippen molar-refractivity contribution in [2.45, 2.75) is 12.1 Å². The Balaban J connectivity index is 1.92. The van der Waals surface area contributed by atoms with Crippen molar-refractivity contribution in [3.8, 4) is 17.3 Å². The lowest BCUT2D eigenvalue weighted by atomic mass is 9.97. The van der Waals surface area contributed by atoms with E-state index in [0.717, 1.165) is 0 Å². The number of carbonyl (C=O) groups is 1. The van der Waals surface area contributed by atoms with Crippen molar-refractivity contribution >= 4 is 29.0 Å². The van der Waals surface area contributed by atoms with Gasteiger partial charge < -0.3 is 0 Å². The maximum absolute atomic E-state index is 12.7. The van der Waals surface area contributed by atoms with Crippen LogP contribution < -0.4 is 0 Å². The molecular weight excluding hydrogens is 416 g/mol. The third-order valence-electron chi connectivity index (χ3n) is 3.83. The summed E-state index contributed by atoms with van der Waals surface area (Å²) in [5.74, 6) is -2.22. The van der Waals surface area contributed by atoms with Crippen LogP contribution in [0.4, 0.5) is 13.2 Å². The zero-order valence-electron chi connectivity index (χ0n) is 13.8. The molecule has 10 heteroatoms. The van der Waals surface area contributed by atoms with Gasteiger partial charge in [-0.1, -0.05) is 35.3 Å². The van der Waals surface area contributed by atoms with Crippen molar-refractivity contribution in [3.63, 3.8) is 0 Å². The molecule has 1 atom stereocenters. The highest BCUT2D eigenvalue weighted by Gasteiger charge is 2.33. The Hall–Kier alpha value is -2.89. The summed E-state index contributed by atoms with van der Waals surface area (Å²) in [6.07, 6.45) is -4.11. The number of aromatic nitrogens is 3. The Morgan fingerprint density at radius 1 is 1.21 bits per heavy atom. The summed E-state index contributed by atoms with van der Waals surface area (Å²) >= 11 is 11.8. The molecule has 0 aliphatic rings. The number of nitrogens with zero attached hydrogens (tertiary/aromatic N) is 3. The van der Waals surface area contributed by atoms with Gasteiger partial charge in [0.05, 0.1) is 28.0 Å². The fourth-order valence-corrected chi connectivity index (χ4v) is 2.92. The first-order valence-electron chi connectivity index (χ1n) is 7.68. The number of nitrogens with one attached hydrogen (secondary N) is 1. The third kappa shape index (κ3) is 4.01. The third-order valence-corrected chi connectivity index (χ3v) is 4.36. The number of aromatic amines is 1. The van der Waals surface area contributed by atoms with Gasteiger partial charge in [-0.2, -0.15) is 23.5 Å². The summed E-state index contributed by atoms with van der Waals surface area (Å²) in [5.41, 5.74) is -0.299. The number of alkyl halides is 3. The van der Waals surface area contributed by atoms with Gasteiger partial charge in [0, 0.05) is 16.8 Å². The summed E-state index contributed by atoms with van der Waals surface area (Å²) < 4.78 is 38.2. The second kappa shape index (κ2) is 7.62. The predicted molar refractivity (Wildman–Crippen MR) is 96.0 cm³/mol. The molecule has 3 rings (SSSR count). The van der Waals surface area contributed by atoms with E-state index in [4.69, 9.17) is 23.2 Å². The minimum absolute atomic E-state index is 0.0145. The van der Waals surface area contributed by atoms with Gasteiger partial charge in [0.2, 0.25) is 5.78 Å². The molecule has 5 nitrogen and oxygen atoms in total. The van der Waals surface area contributed by atoms with Gasteiger partial charge in [0.25, 0.3) is 0 Å². The lowest BCUT2D eigenvalue weighted by molar-refractivity contribution is -0.137. The number of carbonyl (C=O) groups excluding carboxylic acids is 1. The molecule has 0 bridgehead atoms. The monoisotopic (exact) mass is 424 g/mol. The average molecular weight is 425 g/mol. The molecule has 0 aliphatic heterocycles. The molecule has 0 unspecified atom stereocenters. The summed E-state index contributed by atoms with van der Waals surface area (Å²) in [6, 6.07) is 10.5. The zero-order valence-corrected chi connectivity index (χ0v) is 15.3. The molecule has 0 saturated heterocycles. The van der Waals surface area contributed by atoms with Gasteiger partial charge in [0.15, 0.2) is 5.92 Å². The second-order valence-corrected chi connectivity index (χ2v) is 6.54. The first-order valence-corrected chi connectivity index (χ1v) is 8.44. The largest absolute Gasteiger partial charge is 0.417 e. The maximum atomic E-state index is 12.7. The molecule has 0 aliphatic carbocycles. The normalized spacial score (nSPS) is 12.4. The number of nitriles is 1. The van der Waals surface area contributed by atoms with Crippen LogP contribution in [0.1, 0.15) is 27.7 Å². The number of halogens is 5. The van der Waals surface area contributed by atoms with Crippen molar-refractivity contribution in [3.05, 3.63) is 69.6 Å². The molecule has 142 valence electrons. The minimum atomic E-state index is -4.64. The van der Waals surface area contributed by atoms with Crippen LogP contribution in [-0.2, 0) is 6.18 Å². The van der Waals surface area contributed by atoms with Crippen molar-refractivity contribution in [1.82, 2.24) is 15.2 Å². The molecule has 2 aromatic heterocycles. The Kier molecular flexibility index (Phi) is 5.40. The number of hydrogen-bond donors (Lipinski definition) is 1. The summed E-state index contributed by atoms with van der Waals surface area (Å²) in [4.78, 5) is 16.3. The molecule has 1 aromatic carbocycles. The molecule has 0 radical (unpaired) electrons. The van der Waals surface area contributed by atoms with E-state index >= 15 is 0 Å². The molecule has 0 amide bonds. The van der Waals surface area contributed by atoms with Crippen LogP contribution in [0.15, 0.2) is 42.6 Å². The van der Waals surface area contributed by atoms with Crippen LogP contribution in [0.5, 0.6) is 0 Å². The van der Waals surface area contributed by atoms with Gasteiger partial charge >= 0.3 is 6.18 Å². The van der Waals surface area contributed by atoms with Gasteiger partial charge in [-0.15, -0.1) is 0 Å². The van der Waals surface area contributed by atoms with E-state index in [1.807, 2.05) is 0 Å². The topological polar surface area (TPSA) is 82.4 Å². The van der Waals surface area contributed by atoms with Gasteiger partial charge in [0.1, 0.15) is 5.69 Å². The molecule has 0 saturated carbocycles. The lowest BCUT2D eigenvalue weighted by Gasteiger charge is -2.11. The quantitative estimate of drug-likeness (QED) is 0.576. The van der Waals surface area contributed by atoms with Crippen LogP contribution in [0, 0.1) is 11.3 Å². The van der Waals surface area contributed by atoms with E-state index in [0.29, 0.717) is 28.5 Å². The van der Waals surface area contributed by atoms with Crippen molar-refractivity contribution in [2.24, 2.45) is 0 Å². The van der Waals surface area contributed by atoms with E-state index in [9.17, 15) is 23.2 Å². The van der Waals surface area contributed by atoms with Gasteiger partial charge in [-0.05, 0) is 24.3 Å².